The SMILES string of the molecule is CCc1cccc(N2CCN(CCCCc3cccc(C=O)c3CN(C)C(CCC=O)C(=O)NC)CC2)c1SC. The summed E-state index contributed by atoms with van der Waals surface area (Å²) in [5.74, 6) is -0.114. The molecule has 7 nitrogen and oxygen atoms in total. The highest BCUT2D eigenvalue weighted by Gasteiger charge is 2.24. The maximum absolute atomic E-state index is 12.5. The van der Waals surface area contributed by atoms with Gasteiger partial charge in [0.25, 0.3) is 0 Å². The van der Waals surface area contributed by atoms with Crippen molar-refractivity contribution in [1.29, 1.82) is 0 Å². The summed E-state index contributed by atoms with van der Waals surface area (Å²) in [6, 6.07) is 12.2. The van der Waals surface area contributed by atoms with Crippen LogP contribution in [-0.4, -0.2) is 87.4 Å². The minimum atomic E-state index is -0.419. The van der Waals surface area contributed by atoms with Crippen LogP contribution in [0.15, 0.2) is 41.3 Å². The molecule has 2 aromatic rings. The second kappa shape index (κ2) is 16.6. The van der Waals surface area contributed by atoms with E-state index in [4.69, 9.17) is 0 Å². The predicted molar refractivity (Wildman–Crippen MR) is 166 cm³/mol. The van der Waals surface area contributed by atoms with E-state index in [0.717, 1.165) is 82.1 Å². The molecular weight excluding hydrogens is 520 g/mol. The molecule has 1 unspecified atom stereocenters. The van der Waals surface area contributed by atoms with Crippen LogP contribution < -0.4 is 10.2 Å². The highest BCUT2D eigenvalue weighted by Crippen LogP contribution is 2.33. The molecular formula is C32H46N4O3S. The van der Waals surface area contributed by atoms with Gasteiger partial charge in [-0.25, -0.2) is 0 Å². The van der Waals surface area contributed by atoms with E-state index >= 15 is 0 Å². The Labute approximate surface area is 244 Å². The quantitative estimate of drug-likeness (QED) is 0.183. The molecule has 40 heavy (non-hydrogen) atoms. The number of thioether (sulfide) groups is 1. The number of nitrogens with zero attached hydrogens (tertiary/aromatic N) is 3. The molecule has 1 fully saturated rings. The van der Waals surface area contributed by atoms with E-state index in [1.165, 1.54) is 16.1 Å². The summed E-state index contributed by atoms with van der Waals surface area (Å²) >= 11 is 1.86. The van der Waals surface area contributed by atoms with Crippen molar-refractivity contribution in [3.63, 3.8) is 0 Å². The van der Waals surface area contributed by atoms with Crippen LogP contribution in [0.25, 0.3) is 0 Å². The monoisotopic (exact) mass is 566 g/mol. The number of anilines is 1. The molecule has 1 amide bonds. The van der Waals surface area contributed by atoms with Gasteiger partial charge in [0, 0.05) is 56.7 Å². The fourth-order valence-electron chi connectivity index (χ4n) is 5.69. The Morgan fingerprint density at radius 1 is 1.07 bits per heavy atom. The van der Waals surface area contributed by atoms with Gasteiger partial charge in [-0.15, -0.1) is 11.8 Å². The van der Waals surface area contributed by atoms with E-state index in [1.807, 2.05) is 35.8 Å². The topological polar surface area (TPSA) is 73.0 Å². The number of hydrogen-bond acceptors (Lipinski definition) is 7. The largest absolute Gasteiger partial charge is 0.368 e. The first-order chi connectivity index (χ1) is 19.5. The van der Waals surface area contributed by atoms with E-state index in [2.05, 4.69) is 52.6 Å². The Morgan fingerprint density at radius 3 is 2.45 bits per heavy atom. The van der Waals surface area contributed by atoms with Gasteiger partial charge in [0.15, 0.2) is 0 Å². The van der Waals surface area contributed by atoms with Crippen molar-refractivity contribution in [3.05, 3.63) is 58.7 Å². The van der Waals surface area contributed by atoms with Crippen LogP contribution in [0.1, 0.15) is 59.7 Å². The van der Waals surface area contributed by atoms with Crippen LogP contribution in [0.4, 0.5) is 5.69 Å². The van der Waals surface area contributed by atoms with Crippen molar-refractivity contribution in [1.82, 2.24) is 15.1 Å². The van der Waals surface area contributed by atoms with Gasteiger partial charge in [0.1, 0.15) is 12.6 Å². The number of carbonyl (C=O) groups is 3. The van der Waals surface area contributed by atoms with E-state index in [-0.39, 0.29) is 5.91 Å². The number of rotatable bonds is 16. The van der Waals surface area contributed by atoms with Gasteiger partial charge in [-0.05, 0) is 74.7 Å². The number of aldehydes is 2. The summed E-state index contributed by atoms with van der Waals surface area (Å²) in [5, 5.41) is 2.70. The summed E-state index contributed by atoms with van der Waals surface area (Å²) in [4.78, 5) is 43.8. The number of likely N-dealkylation sites (N-methyl/N-ethyl adjacent to an activating group) is 2. The minimum Gasteiger partial charge on any atom is -0.368 e. The van der Waals surface area contributed by atoms with Crippen LogP contribution in [-0.2, 0) is 29.0 Å². The average molecular weight is 567 g/mol. The molecule has 1 atom stereocenters. The number of aryl methyl sites for hydroxylation is 2. The first-order valence-electron chi connectivity index (χ1n) is 14.5. The van der Waals surface area contributed by atoms with Crippen molar-refractivity contribution in [3.8, 4) is 0 Å². The molecule has 218 valence electrons. The third-order valence-electron chi connectivity index (χ3n) is 8.03. The number of amides is 1. The highest BCUT2D eigenvalue weighted by molar-refractivity contribution is 7.98. The van der Waals surface area contributed by atoms with Gasteiger partial charge in [-0.3, -0.25) is 19.4 Å². The zero-order valence-corrected chi connectivity index (χ0v) is 25.5. The summed E-state index contributed by atoms with van der Waals surface area (Å²) in [7, 11) is 3.50. The van der Waals surface area contributed by atoms with Crippen molar-refractivity contribution >= 4 is 35.9 Å². The number of benzene rings is 2. The lowest BCUT2D eigenvalue weighted by molar-refractivity contribution is -0.126. The van der Waals surface area contributed by atoms with Crippen molar-refractivity contribution in [2.75, 3.05) is 58.0 Å². The fraction of sp³-hybridized carbons (Fsp3) is 0.531. The number of carbonyl (C=O) groups excluding carboxylic acids is 3. The second-order valence-electron chi connectivity index (χ2n) is 10.5. The number of hydrogen-bond donors (Lipinski definition) is 1. The molecule has 1 saturated heterocycles. The molecule has 1 N–H and O–H groups in total. The van der Waals surface area contributed by atoms with Gasteiger partial charge in [-0.1, -0.05) is 37.3 Å². The maximum Gasteiger partial charge on any atom is 0.237 e. The van der Waals surface area contributed by atoms with E-state index in [0.29, 0.717) is 24.9 Å². The summed E-state index contributed by atoms with van der Waals surface area (Å²) < 4.78 is 0. The lowest BCUT2D eigenvalue weighted by Gasteiger charge is -2.37. The van der Waals surface area contributed by atoms with E-state index < -0.39 is 6.04 Å². The van der Waals surface area contributed by atoms with E-state index in [1.54, 1.807) is 7.05 Å². The summed E-state index contributed by atoms with van der Waals surface area (Å²) in [6.07, 6.45) is 8.80. The van der Waals surface area contributed by atoms with Crippen molar-refractivity contribution in [2.45, 2.75) is 62.9 Å². The Hall–Kier alpha value is -2.68. The third-order valence-corrected chi connectivity index (χ3v) is 8.91. The molecule has 3 rings (SSSR count). The molecule has 0 aliphatic carbocycles. The van der Waals surface area contributed by atoms with Crippen molar-refractivity contribution < 1.29 is 14.4 Å². The van der Waals surface area contributed by atoms with Crippen LogP contribution in [0.2, 0.25) is 0 Å². The highest BCUT2D eigenvalue weighted by atomic mass is 32.2. The Bertz CT molecular complexity index is 1120. The lowest BCUT2D eigenvalue weighted by atomic mass is 9.96. The fourth-order valence-corrected chi connectivity index (χ4v) is 6.57. The molecule has 8 heteroatoms. The lowest BCUT2D eigenvalue weighted by Crippen LogP contribution is -2.46. The van der Waals surface area contributed by atoms with Crippen LogP contribution in [0.5, 0.6) is 0 Å². The number of unbranched alkanes of at least 4 members (excludes halogenated alkanes) is 1. The van der Waals surface area contributed by atoms with E-state index in [9.17, 15) is 14.4 Å². The second-order valence-corrected chi connectivity index (χ2v) is 11.3. The Balaban J connectivity index is 1.55. The average Bonchev–Trinajstić information content (AvgIpc) is 2.99. The van der Waals surface area contributed by atoms with Gasteiger partial charge in [0.05, 0.1) is 11.7 Å². The first-order valence-corrected chi connectivity index (χ1v) is 15.7. The predicted octanol–water partition coefficient (Wildman–Crippen LogP) is 4.45. The van der Waals surface area contributed by atoms with Gasteiger partial charge < -0.3 is 15.0 Å². The molecule has 0 saturated carbocycles. The number of piperazine rings is 1. The molecule has 1 aliphatic heterocycles. The standard InChI is InChI=1S/C32H46N4O3S/c1-5-25-12-9-15-29(31(25)40-4)36-20-18-35(19-21-36)17-7-6-11-26-13-8-14-27(24-38)28(26)23-34(3)30(16-10-22-37)32(39)33-2/h8-9,12-15,22,24,30H,5-7,10-11,16-21,23H2,1-4H3,(H,33,39). The summed E-state index contributed by atoms with van der Waals surface area (Å²) in [5.41, 5.74) is 5.62. The third kappa shape index (κ3) is 8.41. The first kappa shape index (κ1) is 31.8. The molecule has 0 aromatic heterocycles. The van der Waals surface area contributed by atoms with Crippen LogP contribution in [0, 0.1) is 0 Å². The molecule has 0 radical (unpaired) electrons. The van der Waals surface area contributed by atoms with Gasteiger partial charge in [0.2, 0.25) is 5.91 Å². The molecule has 0 bridgehead atoms. The van der Waals surface area contributed by atoms with Crippen LogP contribution >= 0.6 is 11.8 Å². The Kier molecular flexibility index (Phi) is 13.2. The maximum atomic E-state index is 12.5. The molecule has 1 heterocycles. The smallest absolute Gasteiger partial charge is 0.237 e. The normalized spacial score (nSPS) is 14.8. The van der Waals surface area contributed by atoms with Gasteiger partial charge in [-0.2, -0.15) is 0 Å². The zero-order chi connectivity index (χ0) is 28.9. The van der Waals surface area contributed by atoms with Crippen LogP contribution in [0.3, 0.4) is 0 Å². The molecule has 0 spiro atoms. The van der Waals surface area contributed by atoms with Crippen molar-refractivity contribution in [2.24, 2.45) is 0 Å². The number of nitrogens with one attached hydrogen (secondary N) is 1. The Morgan fingerprint density at radius 2 is 1.80 bits per heavy atom. The molecule has 2 aromatic carbocycles. The summed E-state index contributed by atoms with van der Waals surface area (Å²) in [6.45, 7) is 8.03. The molecule has 1 aliphatic rings. The minimum absolute atomic E-state index is 0.114. The van der Waals surface area contributed by atoms with Gasteiger partial charge >= 0.3 is 0 Å². The zero-order valence-electron chi connectivity index (χ0n) is 24.7.